The summed E-state index contributed by atoms with van der Waals surface area (Å²) in [6, 6.07) is 0.225. The number of thioether (sulfide) groups is 1. The van der Waals surface area contributed by atoms with E-state index in [9.17, 15) is 63.2 Å². The highest BCUT2D eigenvalue weighted by Crippen LogP contribution is 2.71. The number of aliphatic hydroxyl groups excluding tert-OH is 2. The van der Waals surface area contributed by atoms with E-state index in [0.29, 0.717) is 38.0 Å². The Bertz CT molecular complexity index is 3220. The third-order valence-corrected chi connectivity index (χ3v) is 19.9. The number of aliphatic hydroxyl groups is 2. The molecule has 5 aliphatic rings. The predicted molar refractivity (Wildman–Crippen MR) is 290 cm³/mol. The van der Waals surface area contributed by atoms with E-state index in [2.05, 4.69) is 54.8 Å². The summed E-state index contributed by atoms with van der Waals surface area (Å²) in [7, 11) is -16.2. The van der Waals surface area contributed by atoms with Crippen molar-refractivity contribution in [1.29, 1.82) is 0 Å². The number of phosphoric acid groups is 3. The number of unbranched alkanes of at least 4 members (excludes halogenated alkanes) is 1. The highest BCUT2D eigenvalue weighted by atomic mass is 32.2. The van der Waals surface area contributed by atoms with E-state index in [0.717, 1.165) is 29.6 Å². The molecular weight excluding hydrogens is 1230 g/mol. The van der Waals surface area contributed by atoms with Crippen LogP contribution in [0.1, 0.15) is 57.9 Å². The van der Waals surface area contributed by atoms with Crippen molar-refractivity contribution in [3.8, 4) is 0 Å². The van der Waals surface area contributed by atoms with Crippen LogP contribution in [0.3, 0.4) is 0 Å². The van der Waals surface area contributed by atoms with Gasteiger partial charge < -0.3 is 90.8 Å². The van der Waals surface area contributed by atoms with Gasteiger partial charge in [0.2, 0.25) is 29.5 Å². The van der Waals surface area contributed by atoms with E-state index in [4.69, 9.17) is 53.7 Å². The minimum Gasteiger partial charge on any atom is -0.603 e. The number of urea groups is 1. The van der Waals surface area contributed by atoms with Crippen LogP contribution in [-0.4, -0.2) is 208 Å². The number of aromatic nitrogens is 8. The van der Waals surface area contributed by atoms with Gasteiger partial charge in [-0.05, 0) is 19.8 Å². The van der Waals surface area contributed by atoms with Crippen molar-refractivity contribution >= 4 is 88.0 Å². The molecule has 0 aromatic carbocycles. The second-order valence-corrected chi connectivity index (χ2v) is 26.4. The van der Waals surface area contributed by atoms with E-state index in [1.54, 1.807) is 0 Å². The van der Waals surface area contributed by atoms with Crippen molar-refractivity contribution in [2.45, 2.75) is 118 Å². The van der Waals surface area contributed by atoms with Gasteiger partial charge in [0.05, 0.1) is 71.7 Å². The van der Waals surface area contributed by atoms with Crippen molar-refractivity contribution in [1.82, 2.24) is 55.3 Å². The number of nitrogens with zero attached hydrogens (tertiary/aromatic N) is 6. The Morgan fingerprint density at radius 3 is 2.28 bits per heavy atom. The Hall–Kier alpha value is -4.77. The van der Waals surface area contributed by atoms with Gasteiger partial charge in [-0.15, -0.1) is 0 Å². The maximum Gasteiger partial charge on any atom is 0.511 e. The molecule has 4 amide bonds. The van der Waals surface area contributed by atoms with Crippen LogP contribution < -0.4 is 58.2 Å². The van der Waals surface area contributed by atoms with Gasteiger partial charge in [-0.25, -0.2) is 18.9 Å². The highest BCUT2D eigenvalue weighted by molar-refractivity contribution is 8.00. The number of ether oxygens (including phenoxy) is 7. The number of rotatable bonds is 32. The van der Waals surface area contributed by atoms with E-state index in [1.165, 1.54) is 35.8 Å². The number of nitrogens with one attached hydrogen (secondary N) is 6. The van der Waals surface area contributed by atoms with Gasteiger partial charge in [0, 0.05) is 47.7 Å². The first-order chi connectivity index (χ1) is 40.8. The number of amides is 4. The molecule has 478 valence electrons. The molecule has 0 radical (unpaired) electrons. The molecule has 5 aliphatic heterocycles. The quantitative estimate of drug-likeness (QED) is 0.00941. The summed E-state index contributed by atoms with van der Waals surface area (Å²) >= 11 is 1.85. The molecule has 0 bridgehead atoms. The first-order valence-electron chi connectivity index (χ1n) is 26.9. The zero-order valence-electron chi connectivity index (χ0n) is 46.1. The molecule has 15 N–H and O–H groups in total. The van der Waals surface area contributed by atoms with Gasteiger partial charge in [-0.3, -0.25) is 42.8 Å². The van der Waals surface area contributed by atoms with E-state index in [-0.39, 0.29) is 97.5 Å². The number of aromatic amines is 2. The Morgan fingerprint density at radius 1 is 0.895 bits per heavy atom. The normalized spacial score (nSPS) is 29.1. The van der Waals surface area contributed by atoms with Crippen molar-refractivity contribution in [2.75, 3.05) is 83.2 Å². The SMILES string of the molecule is Cn1c[n+]([C@@H]2O[C@H](CO[P+]([O-])(O)O[P+]([O-])(O)OP(=O)(O)OC[C@H]3O[C@@H](n4cnc5c(=O)[nH]c(N)nc54)[C@@H]4O[C@@](C)(CCC(=O)NCCOCCOCCOCCNC(=O)CCCCC5SCC6NC(=O)NC65)O[C@@H]43)[C@@H](O)[C@H]2O)c2nc(N)[nH]c(=O)c21. The number of nitrogens with two attached hydrogens (primary N) is 2. The van der Waals surface area contributed by atoms with E-state index in [1.807, 2.05) is 11.8 Å². The number of aryl methyl sites for hydroxylation is 1. The van der Waals surface area contributed by atoms with Crippen LogP contribution in [0, 0.1) is 0 Å². The van der Waals surface area contributed by atoms with E-state index < -0.39 is 109 Å². The van der Waals surface area contributed by atoms with Gasteiger partial charge in [0.15, 0.2) is 29.5 Å². The Morgan fingerprint density at radius 2 is 1.56 bits per heavy atom. The fourth-order valence-electron chi connectivity index (χ4n) is 10.3. The van der Waals surface area contributed by atoms with Crippen molar-refractivity contribution in [3.05, 3.63) is 33.4 Å². The molecule has 38 nitrogen and oxygen atoms in total. The third kappa shape index (κ3) is 16.3. The van der Waals surface area contributed by atoms with Crippen molar-refractivity contribution in [3.63, 3.8) is 0 Å². The van der Waals surface area contributed by atoms with Crippen LogP contribution in [0.4, 0.5) is 16.7 Å². The molecule has 4 aromatic heterocycles. The zero-order valence-corrected chi connectivity index (χ0v) is 49.6. The number of phosphoric ester groups is 2. The second-order valence-electron chi connectivity index (χ2n) is 20.5. The molecule has 5 saturated heterocycles. The summed E-state index contributed by atoms with van der Waals surface area (Å²) in [4.78, 5) is 136. The molecule has 4 aromatic rings. The Kier molecular flexibility index (Phi) is 21.3. The molecule has 0 saturated carbocycles. The molecule has 15 atom stereocenters. The summed E-state index contributed by atoms with van der Waals surface area (Å²) in [5.41, 5.74) is 9.85. The fourth-order valence-corrected chi connectivity index (χ4v) is 15.3. The lowest BCUT2D eigenvalue weighted by molar-refractivity contribution is -0.745. The first-order valence-corrected chi connectivity index (χ1v) is 32.5. The number of carbonyl (C=O) groups excluding carboxylic acids is 3. The minimum absolute atomic E-state index is 0.00182. The van der Waals surface area contributed by atoms with Gasteiger partial charge >= 0.3 is 35.8 Å². The number of carbonyl (C=O) groups is 3. The maximum absolute atomic E-state index is 13.2. The second kappa shape index (κ2) is 28.0. The van der Waals surface area contributed by atoms with Crippen LogP contribution in [-0.2, 0) is 72.0 Å². The standard InChI is InChI=1S/C44H67N14O24P3S/c1-44(8-7-27(60)48-10-12-73-14-16-74-15-13-72-11-9-47-26(59)6-4-3-5-25-28-22(19-86-25)50-43(65)51-28)79-33-24(78-40(34(33)80-44)57-20-49-29-35(57)52-41(45)54-37(29)63)18-76-84(68,69)82-85(70,71)81-83(66,67)75-17-23-31(61)32(62)39(77-23)58-21-56(2)30-36(58)53-42(46)55-38(30)64/h20-25,28,31-34,39-40,61-62H,3-19H2,1-2H3,(H12-,45,46,47,48,50,51,52,53,54,55,59,60,63,64,65,66,67,68,69,70,71)/p+1/t22?,23-,24-,25?,28?,31-,32-,33-,34-,39-,40-,44+/m1/s1. The number of imidazole rings is 2. The molecule has 5 fully saturated rings. The molecule has 0 aliphatic carbocycles. The number of hydrogen-bond donors (Lipinski definition) is 13. The zero-order chi connectivity index (χ0) is 61.7. The molecule has 42 heteroatoms. The molecule has 9 rings (SSSR count). The summed E-state index contributed by atoms with van der Waals surface area (Å²) in [5.74, 6) is -1.66. The van der Waals surface area contributed by atoms with Crippen LogP contribution in [0.15, 0.2) is 22.2 Å². The Labute approximate surface area is 492 Å². The fraction of sp³-hybridized carbons (Fsp3) is 0.705. The van der Waals surface area contributed by atoms with Crippen LogP contribution in [0.25, 0.3) is 22.3 Å². The number of hydrogen-bond acceptors (Lipinski definition) is 29. The van der Waals surface area contributed by atoms with Crippen LogP contribution in [0.5, 0.6) is 0 Å². The monoisotopic (exact) mass is 1300 g/mol. The average Bonchev–Trinajstić information content (AvgIpc) is 1.74. The number of anilines is 2. The van der Waals surface area contributed by atoms with E-state index >= 15 is 0 Å². The largest absolute Gasteiger partial charge is 0.603 e. The number of nitrogen functional groups attached to an aromatic ring is 2. The third-order valence-electron chi connectivity index (χ3n) is 14.2. The summed E-state index contributed by atoms with van der Waals surface area (Å²) < 4.78 is 76.1. The lowest BCUT2D eigenvalue weighted by Crippen LogP contribution is -2.46. The molecular formula is C44H68N14O24P3S+. The topological polar surface area (TPSA) is 535 Å². The predicted octanol–water partition coefficient (Wildman–Crippen LogP) is -5.12. The summed E-state index contributed by atoms with van der Waals surface area (Å²) in [6.45, 7) is 1.53. The average molecular weight is 1300 g/mol. The smallest absolute Gasteiger partial charge is 0.511 e. The summed E-state index contributed by atoms with van der Waals surface area (Å²) in [6.07, 6.45) is -6.46. The summed E-state index contributed by atoms with van der Waals surface area (Å²) in [5, 5.41) is 33.3. The molecule has 6 unspecified atom stereocenters. The lowest BCUT2D eigenvalue weighted by atomic mass is 10.0. The van der Waals surface area contributed by atoms with Gasteiger partial charge in [-0.1, -0.05) is 15.7 Å². The Balaban J connectivity index is 0.679. The molecule has 86 heavy (non-hydrogen) atoms. The van der Waals surface area contributed by atoms with Crippen molar-refractivity contribution < 1.29 is 109 Å². The van der Waals surface area contributed by atoms with Gasteiger partial charge in [-0.2, -0.15) is 31.1 Å². The van der Waals surface area contributed by atoms with Gasteiger partial charge in [0.1, 0.15) is 43.2 Å². The minimum atomic E-state index is -6.08. The van der Waals surface area contributed by atoms with Crippen LogP contribution >= 0.6 is 35.9 Å². The van der Waals surface area contributed by atoms with Crippen molar-refractivity contribution in [2.24, 2.45) is 7.05 Å². The maximum atomic E-state index is 13.2. The van der Waals surface area contributed by atoms with Gasteiger partial charge in [0.25, 0.3) is 17.1 Å². The lowest BCUT2D eigenvalue weighted by Gasteiger charge is -2.28. The highest BCUT2D eigenvalue weighted by Gasteiger charge is 2.59. The molecule has 9 heterocycles. The molecule has 0 spiro atoms. The number of fused-ring (bicyclic) bond motifs is 4. The van der Waals surface area contributed by atoms with Crippen LogP contribution in [0.2, 0.25) is 0 Å². The number of H-pyrrole nitrogens is 2. The first kappa shape index (κ1) is 65.7.